The van der Waals surface area contributed by atoms with Crippen LogP contribution in [0.5, 0.6) is 0 Å². The van der Waals surface area contributed by atoms with Gasteiger partial charge in [-0.15, -0.1) is 0 Å². The lowest BCUT2D eigenvalue weighted by atomic mass is 10.0. The highest BCUT2D eigenvalue weighted by atomic mass is 16.6. The van der Waals surface area contributed by atoms with Crippen LogP contribution in [0, 0.1) is 0 Å². The zero-order chi connectivity index (χ0) is 51.4. The molecular weight excluding hydrogens is 877 g/mol. The van der Waals surface area contributed by atoms with Crippen molar-refractivity contribution in [3.63, 3.8) is 0 Å². The first-order chi connectivity index (χ1) is 35.0. The molecule has 0 spiro atoms. The number of carbonyl (C=O) groups excluding carboxylic acids is 3. The van der Waals surface area contributed by atoms with Gasteiger partial charge in [0.1, 0.15) is 13.2 Å². The van der Waals surface area contributed by atoms with Crippen LogP contribution in [0.3, 0.4) is 0 Å². The Hall–Kier alpha value is -2.11. The molecule has 0 bridgehead atoms. The van der Waals surface area contributed by atoms with E-state index in [9.17, 15) is 14.4 Å². The Bertz CT molecular complexity index is 1150. The first-order valence-electron chi connectivity index (χ1n) is 31.8. The maximum atomic E-state index is 12.9. The SMILES string of the molecule is CCCCCC/C=C\CCCCCCCCCC(=O)OCC(COC(=O)CCCCCCCCC/C=C\CCCCCCCCCC)OC(=O)CCCCCCCCCCCCCCCCCCCCC. The van der Waals surface area contributed by atoms with Crippen LogP contribution in [-0.2, 0) is 28.6 Å². The van der Waals surface area contributed by atoms with Crippen molar-refractivity contribution < 1.29 is 28.6 Å². The fourth-order valence-electron chi connectivity index (χ4n) is 9.61. The van der Waals surface area contributed by atoms with Crippen LogP contribution in [0.15, 0.2) is 24.3 Å². The Morgan fingerprint density at radius 1 is 0.268 bits per heavy atom. The summed E-state index contributed by atoms with van der Waals surface area (Å²) in [7, 11) is 0. The molecule has 0 saturated heterocycles. The molecule has 1 unspecified atom stereocenters. The van der Waals surface area contributed by atoms with Gasteiger partial charge < -0.3 is 14.2 Å². The monoisotopic (exact) mass is 999 g/mol. The normalized spacial score (nSPS) is 12.1. The summed E-state index contributed by atoms with van der Waals surface area (Å²) in [5.74, 6) is -0.852. The van der Waals surface area contributed by atoms with E-state index >= 15 is 0 Å². The van der Waals surface area contributed by atoms with Crippen LogP contribution in [0.1, 0.15) is 355 Å². The van der Waals surface area contributed by atoms with E-state index in [2.05, 4.69) is 45.1 Å². The Morgan fingerprint density at radius 3 is 0.718 bits per heavy atom. The minimum atomic E-state index is -0.772. The standard InChI is InChI=1S/C65H122O6/c1-4-7-10-13-16-19-22-25-28-30-32-34-37-40-43-46-49-52-55-58-64(67)70-61-62(60-69-63(66)57-54-51-48-45-42-39-36-27-24-21-18-15-12-9-6-3)71-65(68)59-56-53-50-47-44-41-38-35-33-31-29-26-23-20-17-14-11-8-5-2/h21,24,30,32,62H,4-20,22-23,25-29,31,33-61H2,1-3H3/b24-21-,32-30-. The number of ether oxygens (including phenoxy) is 3. The van der Waals surface area contributed by atoms with E-state index in [-0.39, 0.29) is 31.1 Å². The number of esters is 3. The number of hydrogen-bond donors (Lipinski definition) is 0. The van der Waals surface area contributed by atoms with Crippen molar-refractivity contribution >= 4 is 17.9 Å². The lowest BCUT2D eigenvalue weighted by Gasteiger charge is -2.18. The van der Waals surface area contributed by atoms with Crippen LogP contribution in [0.25, 0.3) is 0 Å². The number of rotatable bonds is 59. The maximum absolute atomic E-state index is 12.9. The molecule has 6 nitrogen and oxygen atoms in total. The smallest absolute Gasteiger partial charge is 0.306 e. The van der Waals surface area contributed by atoms with Crippen molar-refractivity contribution in [1.29, 1.82) is 0 Å². The quantitative estimate of drug-likeness (QED) is 0.0261. The van der Waals surface area contributed by atoms with Crippen molar-refractivity contribution in [3.8, 4) is 0 Å². The summed E-state index contributed by atoms with van der Waals surface area (Å²) in [6, 6.07) is 0. The molecule has 0 aliphatic carbocycles. The molecule has 6 heteroatoms. The van der Waals surface area contributed by atoms with Gasteiger partial charge in [0.05, 0.1) is 0 Å². The molecule has 0 rings (SSSR count). The predicted molar refractivity (Wildman–Crippen MR) is 307 cm³/mol. The Morgan fingerprint density at radius 2 is 0.465 bits per heavy atom. The van der Waals surface area contributed by atoms with Crippen molar-refractivity contribution in [1.82, 2.24) is 0 Å². The number of unbranched alkanes of at least 4 members (excludes halogenated alkanes) is 44. The number of carbonyl (C=O) groups is 3. The molecule has 0 aliphatic rings. The van der Waals surface area contributed by atoms with Crippen LogP contribution in [0.2, 0.25) is 0 Å². The van der Waals surface area contributed by atoms with E-state index in [1.807, 2.05) is 0 Å². The van der Waals surface area contributed by atoms with Gasteiger partial charge in [-0.2, -0.15) is 0 Å². The Balaban J connectivity index is 4.32. The van der Waals surface area contributed by atoms with Gasteiger partial charge in [0, 0.05) is 19.3 Å². The topological polar surface area (TPSA) is 78.9 Å². The van der Waals surface area contributed by atoms with Crippen molar-refractivity contribution in [2.24, 2.45) is 0 Å². The summed E-state index contributed by atoms with van der Waals surface area (Å²) >= 11 is 0. The van der Waals surface area contributed by atoms with Gasteiger partial charge in [-0.05, 0) is 70.6 Å². The van der Waals surface area contributed by atoms with Crippen LogP contribution < -0.4 is 0 Å². The van der Waals surface area contributed by atoms with Gasteiger partial charge >= 0.3 is 17.9 Å². The second-order valence-corrected chi connectivity index (χ2v) is 21.7. The third-order valence-corrected chi connectivity index (χ3v) is 14.4. The van der Waals surface area contributed by atoms with Crippen molar-refractivity contribution in [2.45, 2.75) is 361 Å². The highest BCUT2D eigenvalue weighted by Gasteiger charge is 2.19. The highest BCUT2D eigenvalue weighted by Crippen LogP contribution is 2.17. The average Bonchev–Trinajstić information content (AvgIpc) is 3.37. The first-order valence-corrected chi connectivity index (χ1v) is 31.8. The third kappa shape index (κ3) is 58.7. The van der Waals surface area contributed by atoms with Crippen LogP contribution in [-0.4, -0.2) is 37.2 Å². The first kappa shape index (κ1) is 68.9. The van der Waals surface area contributed by atoms with Gasteiger partial charge in [-0.25, -0.2) is 0 Å². The molecular formula is C65H122O6. The van der Waals surface area contributed by atoms with Crippen molar-refractivity contribution in [3.05, 3.63) is 24.3 Å². The third-order valence-electron chi connectivity index (χ3n) is 14.4. The number of allylic oxidation sites excluding steroid dienone is 4. The van der Waals surface area contributed by atoms with Gasteiger partial charge in [0.2, 0.25) is 0 Å². The molecule has 0 heterocycles. The van der Waals surface area contributed by atoms with E-state index in [4.69, 9.17) is 14.2 Å². The number of hydrogen-bond acceptors (Lipinski definition) is 6. The molecule has 0 saturated carbocycles. The molecule has 0 amide bonds. The zero-order valence-corrected chi connectivity index (χ0v) is 48.0. The summed E-state index contributed by atoms with van der Waals surface area (Å²) < 4.78 is 16.9. The van der Waals surface area contributed by atoms with Crippen LogP contribution >= 0.6 is 0 Å². The van der Waals surface area contributed by atoms with Gasteiger partial charge in [-0.3, -0.25) is 14.4 Å². The van der Waals surface area contributed by atoms with E-state index in [1.165, 1.54) is 257 Å². The molecule has 418 valence electrons. The molecule has 0 aromatic heterocycles. The fraction of sp³-hybridized carbons (Fsp3) is 0.892. The molecule has 0 fully saturated rings. The average molecular weight is 1000 g/mol. The second kappa shape index (κ2) is 60.4. The second-order valence-electron chi connectivity index (χ2n) is 21.7. The van der Waals surface area contributed by atoms with Gasteiger partial charge in [-0.1, -0.05) is 289 Å². The summed E-state index contributed by atoms with van der Waals surface area (Å²) in [5.41, 5.74) is 0. The van der Waals surface area contributed by atoms with E-state index in [0.29, 0.717) is 19.3 Å². The highest BCUT2D eigenvalue weighted by molar-refractivity contribution is 5.71. The van der Waals surface area contributed by atoms with Gasteiger partial charge in [0.15, 0.2) is 6.10 Å². The maximum Gasteiger partial charge on any atom is 0.306 e. The van der Waals surface area contributed by atoms with Crippen LogP contribution in [0.4, 0.5) is 0 Å². The van der Waals surface area contributed by atoms with E-state index in [1.54, 1.807) is 0 Å². The Labute approximate surface area is 443 Å². The summed E-state index contributed by atoms with van der Waals surface area (Å²) in [6.45, 7) is 6.69. The molecule has 0 radical (unpaired) electrons. The largest absolute Gasteiger partial charge is 0.462 e. The van der Waals surface area contributed by atoms with E-state index < -0.39 is 6.10 Å². The van der Waals surface area contributed by atoms with Crippen molar-refractivity contribution in [2.75, 3.05) is 13.2 Å². The minimum Gasteiger partial charge on any atom is -0.462 e. The molecule has 0 aromatic carbocycles. The lowest BCUT2D eigenvalue weighted by molar-refractivity contribution is -0.167. The molecule has 71 heavy (non-hydrogen) atoms. The fourth-order valence-corrected chi connectivity index (χ4v) is 9.61. The molecule has 0 aliphatic heterocycles. The summed E-state index contributed by atoms with van der Waals surface area (Å²) in [5, 5.41) is 0. The van der Waals surface area contributed by atoms with E-state index in [0.717, 1.165) is 57.8 Å². The Kier molecular flexibility index (Phi) is 58.6. The lowest BCUT2D eigenvalue weighted by Crippen LogP contribution is -2.30. The molecule has 0 aromatic rings. The molecule has 0 N–H and O–H groups in total. The van der Waals surface area contributed by atoms with Gasteiger partial charge in [0.25, 0.3) is 0 Å². The zero-order valence-electron chi connectivity index (χ0n) is 48.0. The minimum absolute atomic E-state index is 0.0701. The summed E-state index contributed by atoms with van der Waals surface area (Å²) in [6.07, 6.45) is 71.8. The summed E-state index contributed by atoms with van der Waals surface area (Å²) in [4.78, 5) is 38.3. The predicted octanol–water partition coefficient (Wildman–Crippen LogP) is 21.4. The molecule has 1 atom stereocenters.